The summed E-state index contributed by atoms with van der Waals surface area (Å²) in [5, 5.41) is 2.75. The number of urea groups is 1. The highest BCUT2D eigenvalue weighted by molar-refractivity contribution is 6.38. The van der Waals surface area contributed by atoms with Crippen molar-refractivity contribution in [1.29, 1.82) is 0 Å². The smallest absolute Gasteiger partial charge is 0.318 e. The second-order valence-corrected chi connectivity index (χ2v) is 5.03. The number of rotatable bonds is 3. The largest absolute Gasteiger partial charge is 0.351 e. The van der Waals surface area contributed by atoms with Crippen LogP contribution in [0.3, 0.4) is 0 Å². The normalized spacial score (nSPS) is 10.6. The fraction of sp³-hybridized carbons (Fsp3) is 0.167. The molecule has 3 amide bonds. The van der Waals surface area contributed by atoms with E-state index in [-0.39, 0.29) is 28.9 Å². The Morgan fingerprint density at radius 2 is 2.05 bits per heavy atom. The third-order valence-electron chi connectivity index (χ3n) is 2.69. The van der Waals surface area contributed by atoms with E-state index in [1.54, 1.807) is 0 Å². The van der Waals surface area contributed by atoms with E-state index in [9.17, 15) is 14.4 Å². The second kappa shape index (κ2) is 6.11. The summed E-state index contributed by atoms with van der Waals surface area (Å²) in [5.74, 6) is -0.585. The van der Waals surface area contributed by atoms with Crippen molar-refractivity contribution in [3.63, 3.8) is 0 Å². The summed E-state index contributed by atoms with van der Waals surface area (Å²) in [6.45, 7) is 0.0466. The van der Waals surface area contributed by atoms with Gasteiger partial charge in [0.15, 0.2) is 0 Å². The van der Waals surface area contributed by atoms with Crippen LogP contribution in [-0.2, 0) is 11.3 Å². The maximum absolute atomic E-state index is 12.2. The van der Waals surface area contributed by atoms with Crippen LogP contribution < -0.4 is 16.6 Å². The molecule has 0 aliphatic rings. The minimum absolute atomic E-state index is 0.0466. The standard InChI is InChI=1S/C12H10Cl2N4O3/c13-6-3-7-10(8(14)4-6)16-5-18(11(7)20)2-1-9(19)17-12(15)21/h3-5H,1-2H2,(H3,15,17,19,21). The van der Waals surface area contributed by atoms with E-state index in [2.05, 4.69) is 4.98 Å². The van der Waals surface area contributed by atoms with Gasteiger partial charge in [-0.2, -0.15) is 0 Å². The van der Waals surface area contributed by atoms with Crippen molar-refractivity contribution in [2.45, 2.75) is 13.0 Å². The molecule has 3 N–H and O–H groups in total. The fourth-order valence-electron chi connectivity index (χ4n) is 1.78. The summed E-state index contributed by atoms with van der Waals surface area (Å²) in [6, 6.07) is 2.00. The number of nitrogens with zero attached hydrogens (tertiary/aromatic N) is 2. The lowest BCUT2D eigenvalue weighted by atomic mass is 10.2. The molecule has 21 heavy (non-hydrogen) atoms. The van der Waals surface area contributed by atoms with E-state index >= 15 is 0 Å². The lowest BCUT2D eigenvalue weighted by molar-refractivity contribution is -0.120. The van der Waals surface area contributed by atoms with Gasteiger partial charge < -0.3 is 5.73 Å². The van der Waals surface area contributed by atoms with E-state index in [0.717, 1.165) is 0 Å². The summed E-state index contributed by atoms with van der Waals surface area (Å²) in [5.41, 5.74) is 4.78. The summed E-state index contributed by atoms with van der Waals surface area (Å²) < 4.78 is 1.23. The lowest BCUT2D eigenvalue weighted by Crippen LogP contribution is -2.36. The number of nitrogens with two attached hydrogens (primary N) is 1. The van der Waals surface area contributed by atoms with Gasteiger partial charge in [-0.05, 0) is 12.1 Å². The zero-order valence-corrected chi connectivity index (χ0v) is 12.1. The number of primary amides is 1. The average molecular weight is 329 g/mol. The highest BCUT2D eigenvalue weighted by atomic mass is 35.5. The topological polar surface area (TPSA) is 107 Å². The first kappa shape index (κ1) is 15.3. The third kappa shape index (κ3) is 3.50. The molecule has 0 fully saturated rings. The number of imide groups is 1. The number of hydrogen-bond donors (Lipinski definition) is 2. The van der Waals surface area contributed by atoms with Crippen LogP contribution >= 0.6 is 23.2 Å². The quantitative estimate of drug-likeness (QED) is 0.884. The summed E-state index contributed by atoms with van der Waals surface area (Å²) in [7, 11) is 0. The van der Waals surface area contributed by atoms with Gasteiger partial charge in [-0.15, -0.1) is 0 Å². The van der Waals surface area contributed by atoms with Crippen LogP contribution in [0.1, 0.15) is 6.42 Å². The Labute approximate surface area is 128 Å². The Morgan fingerprint density at radius 1 is 1.33 bits per heavy atom. The van der Waals surface area contributed by atoms with Gasteiger partial charge in [-0.3, -0.25) is 19.5 Å². The van der Waals surface area contributed by atoms with Gasteiger partial charge in [0, 0.05) is 18.0 Å². The molecular formula is C12H10Cl2N4O3. The average Bonchev–Trinajstić information content (AvgIpc) is 2.38. The fourth-order valence-corrected chi connectivity index (χ4v) is 2.32. The van der Waals surface area contributed by atoms with Crippen LogP contribution in [-0.4, -0.2) is 21.5 Å². The SMILES string of the molecule is NC(=O)NC(=O)CCn1cnc2c(Cl)cc(Cl)cc2c1=O. The molecule has 7 nitrogen and oxygen atoms in total. The van der Waals surface area contributed by atoms with Crippen molar-refractivity contribution in [2.24, 2.45) is 5.73 Å². The van der Waals surface area contributed by atoms with Gasteiger partial charge in [-0.25, -0.2) is 9.78 Å². The number of fused-ring (bicyclic) bond motifs is 1. The maximum Gasteiger partial charge on any atom is 0.318 e. The number of hydrogen-bond acceptors (Lipinski definition) is 4. The van der Waals surface area contributed by atoms with E-state index in [1.165, 1.54) is 23.0 Å². The number of carbonyl (C=O) groups excluding carboxylic acids is 2. The monoisotopic (exact) mass is 328 g/mol. The minimum Gasteiger partial charge on any atom is -0.351 e. The molecule has 110 valence electrons. The molecule has 1 aromatic carbocycles. The number of aromatic nitrogens is 2. The Bertz CT molecular complexity index is 788. The molecule has 0 unspecified atom stereocenters. The predicted molar refractivity (Wildman–Crippen MR) is 78.4 cm³/mol. The van der Waals surface area contributed by atoms with Crippen LogP contribution in [0.2, 0.25) is 10.0 Å². The molecule has 1 aromatic heterocycles. The molecule has 2 aromatic rings. The number of amides is 3. The summed E-state index contributed by atoms with van der Waals surface area (Å²) in [6.07, 6.45) is 1.19. The van der Waals surface area contributed by atoms with Crippen LogP contribution in [0.15, 0.2) is 23.3 Å². The minimum atomic E-state index is -0.942. The lowest BCUT2D eigenvalue weighted by Gasteiger charge is -2.07. The molecule has 0 spiro atoms. The molecule has 2 rings (SSSR count). The zero-order chi connectivity index (χ0) is 15.6. The third-order valence-corrected chi connectivity index (χ3v) is 3.19. The van der Waals surface area contributed by atoms with Crippen molar-refractivity contribution >= 4 is 46.0 Å². The van der Waals surface area contributed by atoms with Crippen LogP contribution in [0.4, 0.5) is 4.79 Å². The van der Waals surface area contributed by atoms with Crippen molar-refractivity contribution in [3.8, 4) is 0 Å². The van der Waals surface area contributed by atoms with E-state index in [0.29, 0.717) is 10.5 Å². The zero-order valence-electron chi connectivity index (χ0n) is 10.6. The molecule has 0 aliphatic carbocycles. The Kier molecular flexibility index (Phi) is 4.44. The van der Waals surface area contributed by atoms with Crippen LogP contribution in [0.25, 0.3) is 10.9 Å². The van der Waals surface area contributed by atoms with E-state index in [1.807, 2.05) is 5.32 Å². The van der Waals surface area contributed by atoms with E-state index < -0.39 is 11.9 Å². The van der Waals surface area contributed by atoms with Gasteiger partial charge in [0.05, 0.1) is 22.3 Å². The molecular weight excluding hydrogens is 319 g/mol. The first-order valence-electron chi connectivity index (χ1n) is 5.82. The molecule has 9 heteroatoms. The predicted octanol–water partition coefficient (Wildman–Crippen LogP) is 1.29. The van der Waals surface area contributed by atoms with Crippen LogP contribution in [0, 0.1) is 0 Å². The van der Waals surface area contributed by atoms with Crippen molar-refractivity contribution in [3.05, 3.63) is 38.9 Å². The second-order valence-electron chi connectivity index (χ2n) is 4.19. The molecule has 0 saturated carbocycles. The number of carbonyl (C=O) groups is 2. The Hall–Kier alpha value is -2.12. The highest BCUT2D eigenvalue weighted by Crippen LogP contribution is 2.23. The van der Waals surface area contributed by atoms with Gasteiger partial charge in [0.2, 0.25) is 5.91 Å². The van der Waals surface area contributed by atoms with E-state index in [4.69, 9.17) is 28.9 Å². The summed E-state index contributed by atoms with van der Waals surface area (Å²) >= 11 is 11.8. The van der Waals surface area contributed by atoms with Gasteiger partial charge in [-0.1, -0.05) is 23.2 Å². The van der Waals surface area contributed by atoms with Gasteiger partial charge in [0.25, 0.3) is 5.56 Å². The highest BCUT2D eigenvalue weighted by Gasteiger charge is 2.10. The number of aryl methyl sites for hydroxylation is 1. The van der Waals surface area contributed by atoms with Crippen molar-refractivity contribution in [1.82, 2.24) is 14.9 Å². The summed E-state index contributed by atoms with van der Waals surface area (Å²) in [4.78, 5) is 38.2. The van der Waals surface area contributed by atoms with Crippen LogP contribution in [0.5, 0.6) is 0 Å². The number of halogens is 2. The molecule has 0 bridgehead atoms. The molecule has 0 aliphatic heterocycles. The molecule has 1 heterocycles. The number of benzene rings is 1. The number of nitrogens with one attached hydrogen (secondary N) is 1. The first-order chi connectivity index (χ1) is 9.88. The maximum atomic E-state index is 12.2. The molecule has 0 saturated heterocycles. The van der Waals surface area contributed by atoms with Gasteiger partial charge in [0.1, 0.15) is 0 Å². The van der Waals surface area contributed by atoms with Crippen molar-refractivity contribution in [2.75, 3.05) is 0 Å². The molecule has 0 radical (unpaired) electrons. The molecule has 0 atom stereocenters. The Morgan fingerprint density at radius 3 is 2.71 bits per heavy atom. The van der Waals surface area contributed by atoms with Gasteiger partial charge >= 0.3 is 6.03 Å². The Balaban J connectivity index is 2.30. The first-order valence-corrected chi connectivity index (χ1v) is 6.57. The van der Waals surface area contributed by atoms with Crippen molar-refractivity contribution < 1.29 is 9.59 Å².